The number of benzene rings is 1. The Morgan fingerprint density at radius 2 is 1.97 bits per heavy atom. The second kappa shape index (κ2) is 8.54. The average Bonchev–Trinajstić information content (AvgIpc) is 3.50. The molecule has 1 fully saturated rings. The molecule has 1 unspecified atom stereocenters. The van der Waals surface area contributed by atoms with E-state index in [9.17, 15) is 14.2 Å². The van der Waals surface area contributed by atoms with Crippen LogP contribution in [0.1, 0.15) is 59.8 Å². The van der Waals surface area contributed by atoms with Crippen LogP contribution in [0, 0.1) is 0 Å². The highest BCUT2D eigenvalue weighted by Gasteiger charge is 2.34. The van der Waals surface area contributed by atoms with Gasteiger partial charge in [0.25, 0.3) is 5.91 Å². The number of anilines is 1. The highest BCUT2D eigenvalue weighted by Crippen LogP contribution is 2.38. The minimum absolute atomic E-state index is 0.0382. The molecule has 7 nitrogen and oxygen atoms in total. The van der Waals surface area contributed by atoms with Gasteiger partial charge < -0.3 is 14.8 Å². The first-order chi connectivity index (χ1) is 15.6. The molecule has 165 valence electrons. The van der Waals surface area contributed by atoms with Gasteiger partial charge in [0.1, 0.15) is 11.5 Å². The monoisotopic (exact) mass is 434 g/mol. The number of fused-ring (bicyclic) bond motifs is 2. The van der Waals surface area contributed by atoms with E-state index in [4.69, 9.17) is 0 Å². The smallest absolute Gasteiger partial charge is 0.351 e. The van der Waals surface area contributed by atoms with Gasteiger partial charge in [0.15, 0.2) is 5.65 Å². The predicted octanol–water partition coefficient (Wildman–Crippen LogP) is 2.23. The third-order valence-electron chi connectivity index (χ3n) is 6.70. The normalized spacial score (nSPS) is 20.6. The van der Waals surface area contributed by atoms with Gasteiger partial charge in [-0.3, -0.25) is 9.18 Å². The fraction of sp³-hybridized carbons (Fsp3) is 0.435. The Morgan fingerprint density at radius 1 is 1.22 bits per heavy atom. The van der Waals surface area contributed by atoms with Gasteiger partial charge >= 0.3 is 7.48 Å². The zero-order valence-electron chi connectivity index (χ0n) is 18.1. The number of hydrogen-bond donors (Lipinski definition) is 1. The Balaban J connectivity index is 1.55. The number of halogens is 1. The van der Waals surface area contributed by atoms with Crippen LogP contribution in [0.3, 0.4) is 0 Å². The number of nitrogens with zero attached hydrogens (tertiary/aromatic N) is 5. The number of carbonyl (C=O) groups is 1. The summed E-state index contributed by atoms with van der Waals surface area (Å²) in [6.45, 7) is 3.82. The van der Waals surface area contributed by atoms with Crippen LogP contribution in [-0.4, -0.2) is 64.2 Å². The molecule has 0 saturated carbocycles. The molecule has 0 aliphatic carbocycles. The molecule has 2 aliphatic rings. The van der Waals surface area contributed by atoms with Crippen molar-refractivity contribution >= 4 is 30.4 Å². The largest absolute Gasteiger partial charge is 0.449 e. The molecule has 2 aromatic heterocycles. The summed E-state index contributed by atoms with van der Waals surface area (Å²) < 4.78 is 15.0. The lowest BCUT2D eigenvalue weighted by Gasteiger charge is -2.39. The standard InChI is InChI=1S/C23H26BFN5O2/c1-15-17-6-2-3-7-18(17)16(8-9-25)14-29(15)23(31)19-12-22(28-10-4-5-11-28)30-21(26-19)13-20(24-32)27-30/h2-3,6-7,12-13,15-16,32H,4-5,8-11,14H2,1H3/t15-,16?/m1/s1. The predicted molar refractivity (Wildman–Crippen MR) is 121 cm³/mol. The van der Waals surface area contributed by atoms with E-state index in [-0.39, 0.29) is 17.9 Å². The van der Waals surface area contributed by atoms with Crippen LogP contribution in [0.5, 0.6) is 0 Å². The zero-order valence-corrected chi connectivity index (χ0v) is 18.1. The Morgan fingerprint density at radius 3 is 2.69 bits per heavy atom. The van der Waals surface area contributed by atoms with E-state index in [1.165, 1.54) is 0 Å². The molecule has 5 rings (SSSR count). The molecule has 9 heteroatoms. The summed E-state index contributed by atoms with van der Waals surface area (Å²) in [7, 11) is 0.940. The number of carbonyl (C=O) groups excluding carboxylic acids is 1. The van der Waals surface area contributed by atoms with Gasteiger partial charge in [-0.1, -0.05) is 24.3 Å². The van der Waals surface area contributed by atoms with Gasteiger partial charge in [-0.2, -0.15) is 9.61 Å². The van der Waals surface area contributed by atoms with Crippen LogP contribution in [0.15, 0.2) is 36.4 Å². The summed E-state index contributed by atoms with van der Waals surface area (Å²) in [4.78, 5) is 22.3. The van der Waals surface area contributed by atoms with Crippen molar-refractivity contribution in [3.05, 3.63) is 53.2 Å². The van der Waals surface area contributed by atoms with Crippen LogP contribution in [0.2, 0.25) is 0 Å². The van der Waals surface area contributed by atoms with Gasteiger partial charge in [0.2, 0.25) is 0 Å². The van der Waals surface area contributed by atoms with Crippen molar-refractivity contribution in [3.63, 3.8) is 0 Å². The van der Waals surface area contributed by atoms with E-state index in [2.05, 4.69) is 15.0 Å². The van der Waals surface area contributed by atoms with Crippen LogP contribution in [0.4, 0.5) is 10.2 Å². The molecule has 1 aromatic carbocycles. The maximum absolute atomic E-state index is 13.7. The minimum atomic E-state index is -0.422. The van der Waals surface area contributed by atoms with E-state index >= 15 is 0 Å². The van der Waals surface area contributed by atoms with Crippen LogP contribution >= 0.6 is 0 Å². The lowest BCUT2D eigenvalue weighted by molar-refractivity contribution is 0.0644. The highest BCUT2D eigenvalue weighted by atomic mass is 19.1. The first kappa shape index (κ1) is 20.9. The summed E-state index contributed by atoms with van der Waals surface area (Å²) in [5.74, 6) is 0.590. The molecule has 3 aromatic rings. The Hall–Kier alpha value is -2.94. The topological polar surface area (TPSA) is 74.0 Å². The maximum atomic E-state index is 13.7. The summed E-state index contributed by atoms with van der Waals surface area (Å²) >= 11 is 0. The Kier molecular flexibility index (Phi) is 5.59. The summed E-state index contributed by atoms with van der Waals surface area (Å²) in [5, 5.41) is 13.8. The van der Waals surface area contributed by atoms with E-state index in [1.807, 2.05) is 36.1 Å². The van der Waals surface area contributed by atoms with Crippen molar-refractivity contribution in [1.29, 1.82) is 0 Å². The fourth-order valence-electron chi connectivity index (χ4n) is 5.03. The number of rotatable bonds is 5. The van der Waals surface area contributed by atoms with Gasteiger partial charge in [-0.25, -0.2) is 4.98 Å². The molecule has 2 aliphatic heterocycles. The number of hydrogen-bond acceptors (Lipinski definition) is 5. The van der Waals surface area contributed by atoms with Gasteiger partial charge in [-0.15, -0.1) is 0 Å². The Labute approximate surface area is 187 Å². The van der Waals surface area contributed by atoms with E-state index < -0.39 is 6.67 Å². The third-order valence-corrected chi connectivity index (χ3v) is 6.70. The zero-order chi connectivity index (χ0) is 22.2. The van der Waals surface area contributed by atoms with Crippen molar-refractivity contribution < 1.29 is 14.2 Å². The van der Waals surface area contributed by atoms with Crippen molar-refractivity contribution in [3.8, 4) is 0 Å². The van der Waals surface area contributed by atoms with Crippen molar-refractivity contribution in [2.45, 2.75) is 38.1 Å². The summed E-state index contributed by atoms with van der Waals surface area (Å²) in [5.41, 5.74) is 3.44. The van der Waals surface area contributed by atoms with Crippen molar-refractivity contribution in [2.24, 2.45) is 0 Å². The molecular formula is C23H26BFN5O2. The molecule has 0 spiro atoms. The fourth-order valence-corrected chi connectivity index (χ4v) is 5.03. The van der Waals surface area contributed by atoms with Crippen LogP contribution in [-0.2, 0) is 0 Å². The van der Waals surface area contributed by atoms with Crippen molar-refractivity contribution in [2.75, 3.05) is 31.2 Å². The molecule has 1 radical (unpaired) electrons. The third kappa shape index (κ3) is 3.54. The first-order valence-corrected chi connectivity index (χ1v) is 11.2. The lowest BCUT2D eigenvalue weighted by atomic mass is 9.84. The number of alkyl halides is 1. The molecule has 2 atom stereocenters. The van der Waals surface area contributed by atoms with Gasteiger partial charge in [-0.05, 0) is 43.4 Å². The molecular weight excluding hydrogens is 408 g/mol. The summed E-state index contributed by atoms with van der Waals surface area (Å²) in [6.07, 6.45) is 2.55. The molecule has 0 bridgehead atoms. The van der Waals surface area contributed by atoms with Gasteiger partial charge in [0, 0.05) is 31.6 Å². The second-order valence-corrected chi connectivity index (χ2v) is 8.60. The maximum Gasteiger partial charge on any atom is 0.351 e. The molecule has 32 heavy (non-hydrogen) atoms. The summed E-state index contributed by atoms with van der Waals surface area (Å²) in [6, 6.07) is 11.3. The number of amides is 1. The second-order valence-electron chi connectivity index (χ2n) is 8.60. The van der Waals surface area contributed by atoms with Gasteiger partial charge in [0.05, 0.1) is 18.3 Å². The first-order valence-electron chi connectivity index (χ1n) is 11.2. The Bertz CT molecular complexity index is 1150. The van der Waals surface area contributed by atoms with E-state index in [0.717, 1.165) is 50.4 Å². The average molecular weight is 434 g/mol. The van der Waals surface area contributed by atoms with Crippen LogP contribution < -0.4 is 10.5 Å². The highest BCUT2D eigenvalue weighted by molar-refractivity contribution is 6.44. The molecule has 1 amide bonds. The molecule has 4 heterocycles. The van der Waals surface area contributed by atoms with E-state index in [1.54, 1.807) is 16.6 Å². The number of aromatic nitrogens is 3. The SMILES string of the molecule is C[C@@H]1c2ccccc2C(CCF)CN1C(=O)c1cc(N2CCCC2)n2nc([B]O)cc2n1. The quantitative estimate of drug-likeness (QED) is 0.624. The van der Waals surface area contributed by atoms with Crippen LogP contribution in [0.25, 0.3) is 5.65 Å². The molecule has 1 saturated heterocycles. The molecule has 1 N–H and O–H groups in total. The van der Waals surface area contributed by atoms with Crippen molar-refractivity contribution in [1.82, 2.24) is 19.5 Å². The lowest BCUT2D eigenvalue weighted by Crippen LogP contribution is -2.41. The minimum Gasteiger partial charge on any atom is -0.449 e. The van der Waals surface area contributed by atoms with E-state index in [0.29, 0.717) is 29.9 Å².